The van der Waals surface area contributed by atoms with Gasteiger partial charge < -0.3 is 14.8 Å². The topological polar surface area (TPSA) is 108 Å². The number of carbonyl (C=O) groups excluding carboxylic acids is 2. The number of rotatable bonds is 6. The Hall–Kier alpha value is -3.42. The number of methoxy groups -OCH3 is 1. The third-order valence-electron chi connectivity index (χ3n) is 3.36. The summed E-state index contributed by atoms with van der Waals surface area (Å²) in [5.41, 5.74) is 0.610. The normalized spacial score (nSPS) is 10.3. The number of ether oxygens (including phenoxy) is 2. The molecule has 0 fully saturated rings. The van der Waals surface area contributed by atoms with Crippen LogP contribution in [0.4, 0.5) is 11.4 Å². The lowest BCUT2D eigenvalue weighted by Gasteiger charge is -2.09. The fourth-order valence-corrected chi connectivity index (χ4v) is 2.15. The highest BCUT2D eigenvalue weighted by molar-refractivity contribution is 6.05. The Kier molecular flexibility index (Phi) is 5.90. The average Bonchev–Trinajstić information content (AvgIpc) is 2.61. The molecule has 8 heteroatoms. The maximum Gasteiger partial charge on any atom is 0.338 e. The van der Waals surface area contributed by atoms with E-state index in [-0.39, 0.29) is 23.1 Å². The highest BCUT2D eigenvalue weighted by Gasteiger charge is 2.18. The molecule has 0 aliphatic heterocycles. The molecule has 0 aromatic heterocycles. The summed E-state index contributed by atoms with van der Waals surface area (Å²) in [5.74, 6) is -0.906. The van der Waals surface area contributed by atoms with Crippen molar-refractivity contribution in [3.8, 4) is 5.75 Å². The van der Waals surface area contributed by atoms with E-state index in [1.54, 1.807) is 26.0 Å². The zero-order valence-electron chi connectivity index (χ0n) is 14.5. The van der Waals surface area contributed by atoms with Crippen LogP contribution in [-0.4, -0.2) is 30.0 Å². The summed E-state index contributed by atoms with van der Waals surface area (Å²) in [7, 11) is 1.31. The second kappa shape index (κ2) is 8.11. The number of esters is 1. The van der Waals surface area contributed by atoms with E-state index in [1.165, 1.54) is 31.4 Å². The fraction of sp³-hybridized carbons (Fsp3) is 0.222. The van der Waals surface area contributed by atoms with Crippen LogP contribution < -0.4 is 10.1 Å². The Balaban J connectivity index is 2.14. The van der Waals surface area contributed by atoms with Crippen LogP contribution >= 0.6 is 0 Å². The molecule has 2 aromatic carbocycles. The van der Waals surface area contributed by atoms with Crippen LogP contribution in [0.1, 0.15) is 34.6 Å². The van der Waals surface area contributed by atoms with Crippen molar-refractivity contribution in [2.75, 3.05) is 12.4 Å². The summed E-state index contributed by atoms with van der Waals surface area (Å²) in [5, 5.41) is 13.7. The van der Waals surface area contributed by atoms with Gasteiger partial charge in [0.15, 0.2) is 5.75 Å². The maximum absolute atomic E-state index is 12.3. The zero-order chi connectivity index (χ0) is 19.3. The van der Waals surface area contributed by atoms with Gasteiger partial charge in [-0.15, -0.1) is 0 Å². The highest BCUT2D eigenvalue weighted by Crippen LogP contribution is 2.27. The molecule has 0 saturated carbocycles. The van der Waals surface area contributed by atoms with E-state index in [1.807, 2.05) is 0 Å². The predicted octanol–water partition coefficient (Wildman–Crippen LogP) is 3.42. The predicted molar refractivity (Wildman–Crippen MR) is 94.6 cm³/mol. The summed E-state index contributed by atoms with van der Waals surface area (Å²) >= 11 is 0. The Morgan fingerprint density at radius 3 is 2.23 bits per heavy atom. The first-order chi connectivity index (χ1) is 12.3. The van der Waals surface area contributed by atoms with Gasteiger partial charge in [-0.2, -0.15) is 0 Å². The maximum atomic E-state index is 12.3. The summed E-state index contributed by atoms with van der Waals surface area (Å²) in [6, 6.07) is 10.1. The van der Waals surface area contributed by atoms with Crippen LogP contribution in [0.25, 0.3) is 0 Å². The lowest BCUT2D eigenvalue weighted by molar-refractivity contribution is -0.385. The molecular weight excluding hydrogens is 340 g/mol. The molecule has 8 nitrogen and oxygen atoms in total. The number of hydrogen-bond acceptors (Lipinski definition) is 6. The van der Waals surface area contributed by atoms with Gasteiger partial charge in [-0.1, -0.05) is 0 Å². The summed E-state index contributed by atoms with van der Waals surface area (Å²) < 4.78 is 9.99. The summed E-state index contributed by atoms with van der Waals surface area (Å²) in [6.45, 7) is 3.50. The minimum Gasteiger partial charge on any atom is -0.490 e. The van der Waals surface area contributed by atoms with Crippen molar-refractivity contribution in [3.05, 3.63) is 63.7 Å². The first-order valence-electron chi connectivity index (χ1n) is 7.76. The molecule has 26 heavy (non-hydrogen) atoms. The molecular formula is C18H18N2O6. The molecule has 136 valence electrons. The number of nitro groups is 1. The molecule has 0 saturated heterocycles. The van der Waals surface area contributed by atoms with Gasteiger partial charge in [-0.3, -0.25) is 14.9 Å². The van der Waals surface area contributed by atoms with E-state index in [9.17, 15) is 19.7 Å². The number of amides is 1. The van der Waals surface area contributed by atoms with Gasteiger partial charge in [0, 0.05) is 17.3 Å². The molecule has 2 rings (SSSR count). The molecule has 0 bridgehead atoms. The minimum atomic E-state index is -0.620. The van der Waals surface area contributed by atoms with E-state index >= 15 is 0 Å². The second-order valence-corrected chi connectivity index (χ2v) is 5.63. The number of nitrogens with zero attached hydrogens (tertiary/aromatic N) is 1. The monoisotopic (exact) mass is 358 g/mol. The van der Waals surface area contributed by atoms with Crippen LogP contribution in [0.5, 0.6) is 5.75 Å². The Bertz CT molecular complexity index is 830. The third kappa shape index (κ3) is 4.56. The van der Waals surface area contributed by atoms with E-state index in [2.05, 4.69) is 5.32 Å². The van der Waals surface area contributed by atoms with Gasteiger partial charge in [-0.25, -0.2) is 4.79 Å². The van der Waals surface area contributed by atoms with Crippen molar-refractivity contribution in [2.45, 2.75) is 20.0 Å². The Labute approximate surface area is 149 Å². The summed E-state index contributed by atoms with van der Waals surface area (Å²) in [4.78, 5) is 34.5. The molecule has 0 aliphatic carbocycles. The first-order valence-corrected chi connectivity index (χ1v) is 7.76. The first kappa shape index (κ1) is 18.9. The number of carbonyl (C=O) groups is 2. The van der Waals surface area contributed by atoms with Gasteiger partial charge in [0.25, 0.3) is 5.91 Å². The molecule has 1 N–H and O–H groups in total. The van der Waals surface area contributed by atoms with E-state index < -0.39 is 16.8 Å². The number of nitro benzene ring substituents is 1. The van der Waals surface area contributed by atoms with Crippen LogP contribution in [0.2, 0.25) is 0 Å². The van der Waals surface area contributed by atoms with Crippen molar-refractivity contribution in [3.63, 3.8) is 0 Å². The molecule has 0 heterocycles. The van der Waals surface area contributed by atoms with Gasteiger partial charge in [-0.05, 0) is 50.2 Å². The Morgan fingerprint density at radius 2 is 1.69 bits per heavy atom. The van der Waals surface area contributed by atoms with Crippen molar-refractivity contribution >= 4 is 23.3 Å². The largest absolute Gasteiger partial charge is 0.490 e. The molecule has 0 unspecified atom stereocenters. The SMILES string of the molecule is COc1ccc(C(=O)Nc2ccc(C(=O)OC(C)C)cc2)cc1[N+](=O)[O-]. The van der Waals surface area contributed by atoms with Gasteiger partial charge in [0.1, 0.15) is 0 Å². The van der Waals surface area contributed by atoms with Crippen LogP contribution in [0.3, 0.4) is 0 Å². The number of benzene rings is 2. The molecule has 0 atom stereocenters. The number of nitrogens with one attached hydrogen (secondary N) is 1. The zero-order valence-corrected chi connectivity index (χ0v) is 14.5. The van der Waals surface area contributed by atoms with Crippen LogP contribution in [0, 0.1) is 10.1 Å². The molecule has 0 spiro atoms. The van der Waals surface area contributed by atoms with Gasteiger partial charge in [0.05, 0.1) is 23.7 Å². The quantitative estimate of drug-likeness (QED) is 0.481. The molecule has 2 aromatic rings. The highest BCUT2D eigenvalue weighted by atomic mass is 16.6. The average molecular weight is 358 g/mol. The van der Waals surface area contributed by atoms with Gasteiger partial charge >= 0.3 is 11.7 Å². The minimum absolute atomic E-state index is 0.0690. The van der Waals surface area contributed by atoms with Crippen molar-refractivity contribution < 1.29 is 24.0 Å². The van der Waals surface area contributed by atoms with E-state index in [4.69, 9.17) is 9.47 Å². The van der Waals surface area contributed by atoms with Crippen LogP contribution in [0.15, 0.2) is 42.5 Å². The van der Waals surface area contributed by atoms with Gasteiger partial charge in [0.2, 0.25) is 0 Å². The Morgan fingerprint density at radius 1 is 1.08 bits per heavy atom. The van der Waals surface area contributed by atoms with E-state index in [0.29, 0.717) is 11.3 Å². The number of hydrogen-bond donors (Lipinski definition) is 1. The van der Waals surface area contributed by atoms with Crippen molar-refractivity contribution in [1.82, 2.24) is 0 Å². The number of anilines is 1. The van der Waals surface area contributed by atoms with E-state index in [0.717, 1.165) is 6.07 Å². The molecule has 1 amide bonds. The van der Waals surface area contributed by atoms with Crippen molar-refractivity contribution in [2.24, 2.45) is 0 Å². The molecule has 0 radical (unpaired) electrons. The summed E-state index contributed by atoms with van der Waals surface area (Å²) in [6.07, 6.45) is -0.229. The lowest BCUT2D eigenvalue weighted by atomic mass is 10.1. The lowest BCUT2D eigenvalue weighted by Crippen LogP contribution is -2.13. The smallest absolute Gasteiger partial charge is 0.338 e. The fourth-order valence-electron chi connectivity index (χ4n) is 2.15. The standard InChI is InChI=1S/C18H18N2O6/c1-11(2)26-18(22)12-4-7-14(8-5-12)19-17(21)13-6-9-16(25-3)15(10-13)20(23)24/h4-11H,1-3H3,(H,19,21). The van der Waals surface area contributed by atoms with Crippen LogP contribution in [-0.2, 0) is 4.74 Å². The molecule has 0 aliphatic rings. The second-order valence-electron chi connectivity index (χ2n) is 5.63. The van der Waals surface area contributed by atoms with Crippen molar-refractivity contribution in [1.29, 1.82) is 0 Å². The third-order valence-corrected chi connectivity index (χ3v) is 3.36.